The normalized spacial score (nSPS) is 24.0. The van der Waals surface area contributed by atoms with Gasteiger partial charge in [0, 0.05) is 18.1 Å². The van der Waals surface area contributed by atoms with E-state index in [-0.39, 0.29) is 12.6 Å². The van der Waals surface area contributed by atoms with E-state index in [9.17, 15) is 0 Å². The Morgan fingerprint density at radius 3 is 3.21 bits per heavy atom. The third kappa shape index (κ3) is 1.92. The van der Waals surface area contributed by atoms with Gasteiger partial charge < -0.3 is 9.63 Å². The van der Waals surface area contributed by atoms with E-state index in [1.54, 1.807) is 0 Å². The van der Waals surface area contributed by atoms with Crippen LogP contribution in [0.15, 0.2) is 4.52 Å². The van der Waals surface area contributed by atoms with Gasteiger partial charge in [-0.3, -0.25) is 4.90 Å². The minimum Gasteiger partial charge on any atom is -0.387 e. The first-order chi connectivity index (χ1) is 6.81. The van der Waals surface area contributed by atoms with Gasteiger partial charge in [-0.1, -0.05) is 5.16 Å². The molecule has 2 rings (SSSR count). The molecule has 1 N–H and O–H groups in total. The number of nitrogens with zero attached hydrogens (tertiary/aromatic N) is 3. The molecule has 6 heteroatoms. The summed E-state index contributed by atoms with van der Waals surface area (Å²) < 4.78 is 4.87. The third-order valence-electron chi connectivity index (χ3n) is 2.31. The summed E-state index contributed by atoms with van der Waals surface area (Å²) in [7, 11) is 2.05. The second-order valence-corrected chi connectivity index (χ2v) is 4.43. The fraction of sp³-hybridized carbons (Fsp3) is 0.750. The molecule has 1 aromatic rings. The van der Waals surface area contributed by atoms with Gasteiger partial charge in [-0.2, -0.15) is 16.7 Å². The highest BCUT2D eigenvalue weighted by molar-refractivity contribution is 7.99. The molecule has 2 heterocycles. The summed E-state index contributed by atoms with van der Waals surface area (Å²) in [5, 5.41) is 12.7. The predicted octanol–water partition coefficient (Wildman–Crippen LogP) is 0.282. The molecule has 0 aliphatic carbocycles. The lowest BCUT2D eigenvalue weighted by molar-refractivity contribution is 0.220. The van der Waals surface area contributed by atoms with Crippen molar-refractivity contribution < 1.29 is 9.63 Å². The Labute approximate surface area is 86.5 Å². The molecule has 1 aliphatic heterocycles. The van der Waals surface area contributed by atoms with Crippen molar-refractivity contribution in [2.24, 2.45) is 0 Å². The van der Waals surface area contributed by atoms with Crippen LogP contribution in [0.1, 0.15) is 17.8 Å². The summed E-state index contributed by atoms with van der Waals surface area (Å²) in [6.07, 6.45) is 0. The van der Waals surface area contributed by atoms with Gasteiger partial charge in [0.05, 0.1) is 6.04 Å². The van der Waals surface area contributed by atoms with Crippen LogP contribution in [0.3, 0.4) is 0 Å². The predicted molar refractivity (Wildman–Crippen MR) is 52.9 cm³/mol. The zero-order valence-corrected chi connectivity index (χ0v) is 8.83. The van der Waals surface area contributed by atoms with Gasteiger partial charge in [0.1, 0.15) is 6.61 Å². The van der Waals surface area contributed by atoms with Gasteiger partial charge in [0.25, 0.3) is 5.89 Å². The lowest BCUT2D eigenvalue weighted by Gasteiger charge is -2.29. The van der Waals surface area contributed by atoms with Crippen LogP contribution in [0, 0.1) is 0 Å². The topological polar surface area (TPSA) is 62.4 Å². The molecular weight excluding hydrogens is 202 g/mol. The van der Waals surface area contributed by atoms with Crippen LogP contribution in [0.2, 0.25) is 0 Å². The van der Waals surface area contributed by atoms with Crippen LogP contribution in [-0.4, -0.2) is 45.2 Å². The third-order valence-corrected chi connectivity index (χ3v) is 3.34. The number of aliphatic hydroxyl groups excluding tert-OH is 1. The summed E-state index contributed by atoms with van der Waals surface area (Å²) >= 11 is 1.89. The number of hydrogen-bond acceptors (Lipinski definition) is 6. The molecule has 0 spiro atoms. The Morgan fingerprint density at radius 2 is 2.57 bits per heavy atom. The molecule has 1 saturated heterocycles. The molecule has 1 fully saturated rings. The highest BCUT2D eigenvalue weighted by atomic mass is 32.2. The van der Waals surface area contributed by atoms with Gasteiger partial charge in [-0.15, -0.1) is 0 Å². The maximum Gasteiger partial charge on any atom is 0.252 e. The summed E-state index contributed by atoms with van der Waals surface area (Å²) in [6.45, 7) is 0.856. The minimum absolute atomic E-state index is 0.184. The summed E-state index contributed by atoms with van der Waals surface area (Å²) in [5.74, 6) is 3.12. The number of rotatable bonds is 2. The lowest BCUT2D eigenvalue weighted by Crippen LogP contribution is -2.33. The molecule has 78 valence electrons. The molecule has 0 bridgehead atoms. The summed E-state index contributed by atoms with van der Waals surface area (Å²) in [6, 6.07) is 0.220. The Hall–Kier alpha value is -0.590. The highest BCUT2D eigenvalue weighted by Gasteiger charge is 2.25. The van der Waals surface area contributed by atoms with Gasteiger partial charge in [0.2, 0.25) is 0 Å². The van der Waals surface area contributed by atoms with E-state index in [0.29, 0.717) is 11.7 Å². The Kier molecular flexibility index (Phi) is 3.05. The van der Waals surface area contributed by atoms with Crippen molar-refractivity contribution in [3.63, 3.8) is 0 Å². The minimum atomic E-state index is -0.184. The Balaban J connectivity index is 2.12. The average molecular weight is 215 g/mol. The van der Waals surface area contributed by atoms with Crippen LogP contribution >= 0.6 is 11.8 Å². The largest absolute Gasteiger partial charge is 0.387 e. The van der Waals surface area contributed by atoms with E-state index in [2.05, 4.69) is 22.1 Å². The van der Waals surface area contributed by atoms with E-state index in [1.165, 1.54) is 0 Å². The van der Waals surface area contributed by atoms with Crippen molar-refractivity contribution in [3.05, 3.63) is 11.7 Å². The van der Waals surface area contributed by atoms with Crippen molar-refractivity contribution in [1.29, 1.82) is 0 Å². The van der Waals surface area contributed by atoms with E-state index < -0.39 is 0 Å². The van der Waals surface area contributed by atoms with Crippen molar-refractivity contribution in [1.82, 2.24) is 15.0 Å². The van der Waals surface area contributed by atoms with E-state index in [4.69, 9.17) is 9.63 Å². The van der Waals surface area contributed by atoms with E-state index >= 15 is 0 Å². The molecule has 0 aromatic carbocycles. The van der Waals surface area contributed by atoms with Gasteiger partial charge in [-0.25, -0.2) is 0 Å². The van der Waals surface area contributed by atoms with E-state index in [0.717, 1.165) is 18.1 Å². The molecule has 1 unspecified atom stereocenters. The number of hydrogen-bond donors (Lipinski definition) is 1. The van der Waals surface area contributed by atoms with Gasteiger partial charge in [0.15, 0.2) is 5.82 Å². The number of thioether (sulfide) groups is 1. The molecule has 14 heavy (non-hydrogen) atoms. The number of aromatic nitrogens is 2. The zero-order valence-electron chi connectivity index (χ0n) is 8.01. The Morgan fingerprint density at radius 1 is 1.71 bits per heavy atom. The van der Waals surface area contributed by atoms with Crippen LogP contribution in [-0.2, 0) is 6.61 Å². The molecule has 5 nitrogen and oxygen atoms in total. The summed E-state index contributed by atoms with van der Waals surface area (Å²) in [4.78, 5) is 6.33. The molecule has 0 saturated carbocycles. The molecular formula is C8H13N3O2S. The molecule has 1 aromatic heterocycles. The van der Waals surface area contributed by atoms with Crippen LogP contribution in [0.5, 0.6) is 0 Å². The van der Waals surface area contributed by atoms with Gasteiger partial charge in [-0.05, 0) is 7.05 Å². The fourth-order valence-electron chi connectivity index (χ4n) is 1.43. The fourth-order valence-corrected chi connectivity index (χ4v) is 2.64. The lowest BCUT2D eigenvalue weighted by atomic mass is 10.3. The van der Waals surface area contributed by atoms with Crippen LogP contribution in [0.4, 0.5) is 0 Å². The maximum absolute atomic E-state index is 8.80. The van der Waals surface area contributed by atoms with E-state index in [1.807, 2.05) is 11.8 Å². The monoisotopic (exact) mass is 215 g/mol. The first kappa shape index (κ1) is 9.95. The second-order valence-electron chi connectivity index (χ2n) is 3.28. The maximum atomic E-state index is 8.80. The van der Waals surface area contributed by atoms with Crippen molar-refractivity contribution >= 4 is 11.8 Å². The molecule has 0 amide bonds. The van der Waals surface area contributed by atoms with Crippen molar-refractivity contribution in [2.75, 3.05) is 25.1 Å². The molecule has 1 aliphatic rings. The standard InChI is InChI=1S/C8H13N3O2S/c1-11-2-3-14-5-6(11)8-9-7(4-12)13-10-8/h6,12H,2-5H2,1H3. The quantitative estimate of drug-likeness (QED) is 0.764. The first-order valence-electron chi connectivity index (χ1n) is 4.52. The Bertz CT molecular complexity index is 305. The first-order valence-corrected chi connectivity index (χ1v) is 5.68. The smallest absolute Gasteiger partial charge is 0.252 e. The van der Waals surface area contributed by atoms with Crippen LogP contribution in [0.25, 0.3) is 0 Å². The van der Waals surface area contributed by atoms with Crippen molar-refractivity contribution in [3.8, 4) is 0 Å². The highest BCUT2D eigenvalue weighted by Crippen LogP contribution is 2.25. The molecule has 1 atom stereocenters. The molecule has 0 radical (unpaired) electrons. The zero-order chi connectivity index (χ0) is 9.97. The average Bonchev–Trinajstić information content (AvgIpc) is 2.67. The summed E-state index contributed by atoms with van der Waals surface area (Å²) in [5.41, 5.74) is 0. The SMILES string of the molecule is CN1CCSCC1c1noc(CO)n1. The van der Waals surface area contributed by atoms with Gasteiger partial charge >= 0.3 is 0 Å². The second kappa shape index (κ2) is 4.29. The van der Waals surface area contributed by atoms with Crippen molar-refractivity contribution in [2.45, 2.75) is 12.6 Å². The number of aliphatic hydroxyl groups is 1. The van der Waals surface area contributed by atoms with Crippen LogP contribution < -0.4 is 0 Å².